The zero-order valence-corrected chi connectivity index (χ0v) is 10.4. The van der Waals surface area contributed by atoms with E-state index >= 15 is 0 Å². The maximum atomic E-state index is 11.4. The molecule has 0 aliphatic heterocycles. The van der Waals surface area contributed by atoms with Crippen LogP contribution in [0.2, 0.25) is 0 Å². The second kappa shape index (κ2) is 6.43. The SMILES string of the molecule is CC(C)CNC(=O)CSc1cccc(O)c1. The van der Waals surface area contributed by atoms with Gasteiger partial charge in [0.1, 0.15) is 5.75 Å². The number of hydrogen-bond acceptors (Lipinski definition) is 3. The average Bonchev–Trinajstić information content (AvgIpc) is 2.23. The molecule has 0 saturated carbocycles. The summed E-state index contributed by atoms with van der Waals surface area (Å²) in [4.78, 5) is 12.3. The highest BCUT2D eigenvalue weighted by molar-refractivity contribution is 8.00. The number of amides is 1. The van der Waals surface area contributed by atoms with Gasteiger partial charge in [-0.25, -0.2) is 0 Å². The smallest absolute Gasteiger partial charge is 0.230 e. The van der Waals surface area contributed by atoms with Gasteiger partial charge in [-0.2, -0.15) is 0 Å². The molecule has 0 aromatic heterocycles. The molecular formula is C12H17NO2S. The zero-order valence-electron chi connectivity index (χ0n) is 9.56. The maximum absolute atomic E-state index is 11.4. The minimum Gasteiger partial charge on any atom is -0.508 e. The minimum atomic E-state index is 0.0297. The number of thioether (sulfide) groups is 1. The summed E-state index contributed by atoms with van der Waals surface area (Å²) in [6.07, 6.45) is 0. The van der Waals surface area contributed by atoms with Crippen molar-refractivity contribution in [1.82, 2.24) is 5.32 Å². The van der Waals surface area contributed by atoms with Crippen LogP contribution in [-0.2, 0) is 4.79 Å². The van der Waals surface area contributed by atoms with Gasteiger partial charge in [0.25, 0.3) is 0 Å². The van der Waals surface area contributed by atoms with Crippen molar-refractivity contribution in [3.05, 3.63) is 24.3 Å². The van der Waals surface area contributed by atoms with Gasteiger partial charge in [0, 0.05) is 11.4 Å². The summed E-state index contributed by atoms with van der Waals surface area (Å²) in [5.41, 5.74) is 0. The van der Waals surface area contributed by atoms with Crippen molar-refractivity contribution in [2.75, 3.05) is 12.3 Å². The first-order valence-corrected chi connectivity index (χ1v) is 6.25. The summed E-state index contributed by atoms with van der Waals surface area (Å²) < 4.78 is 0. The number of phenols is 1. The summed E-state index contributed by atoms with van der Waals surface area (Å²) >= 11 is 1.42. The van der Waals surface area contributed by atoms with Crippen molar-refractivity contribution in [1.29, 1.82) is 0 Å². The molecule has 1 aromatic carbocycles. The fourth-order valence-electron chi connectivity index (χ4n) is 1.09. The van der Waals surface area contributed by atoms with Crippen LogP contribution < -0.4 is 5.32 Å². The first-order valence-electron chi connectivity index (χ1n) is 5.26. The molecule has 0 radical (unpaired) electrons. The highest BCUT2D eigenvalue weighted by atomic mass is 32.2. The van der Waals surface area contributed by atoms with Crippen molar-refractivity contribution < 1.29 is 9.90 Å². The molecule has 3 nitrogen and oxygen atoms in total. The molecule has 16 heavy (non-hydrogen) atoms. The molecule has 0 aliphatic rings. The molecule has 0 bridgehead atoms. The highest BCUT2D eigenvalue weighted by Crippen LogP contribution is 2.21. The summed E-state index contributed by atoms with van der Waals surface area (Å²) in [5, 5.41) is 12.1. The first kappa shape index (κ1) is 12.9. The second-order valence-electron chi connectivity index (χ2n) is 3.98. The summed E-state index contributed by atoms with van der Waals surface area (Å²) in [6, 6.07) is 6.91. The lowest BCUT2D eigenvalue weighted by Gasteiger charge is -2.07. The van der Waals surface area contributed by atoms with Gasteiger partial charge in [-0.05, 0) is 24.1 Å². The van der Waals surface area contributed by atoms with Gasteiger partial charge >= 0.3 is 0 Å². The van der Waals surface area contributed by atoms with Crippen molar-refractivity contribution >= 4 is 17.7 Å². The van der Waals surface area contributed by atoms with E-state index in [0.717, 1.165) is 4.90 Å². The maximum Gasteiger partial charge on any atom is 0.230 e. The largest absolute Gasteiger partial charge is 0.508 e. The normalized spacial score (nSPS) is 10.4. The molecule has 0 heterocycles. The summed E-state index contributed by atoms with van der Waals surface area (Å²) in [7, 11) is 0. The Balaban J connectivity index is 2.31. The van der Waals surface area contributed by atoms with Crippen molar-refractivity contribution in [3.63, 3.8) is 0 Å². The van der Waals surface area contributed by atoms with Crippen molar-refractivity contribution in [2.24, 2.45) is 5.92 Å². The number of carbonyl (C=O) groups excluding carboxylic acids is 1. The molecular weight excluding hydrogens is 222 g/mol. The number of benzene rings is 1. The van der Waals surface area contributed by atoms with Gasteiger partial charge in [0.2, 0.25) is 5.91 Å². The van der Waals surface area contributed by atoms with Gasteiger partial charge in [-0.1, -0.05) is 19.9 Å². The Morgan fingerprint density at radius 2 is 2.25 bits per heavy atom. The van der Waals surface area contributed by atoms with Crippen LogP contribution in [0.1, 0.15) is 13.8 Å². The fraction of sp³-hybridized carbons (Fsp3) is 0.417. The molecule has 0 unspecified atom stereocenters. The molecule has 0 fully saturated rings. The van der Waals surface area contributed by atoms with E-state index in [-0.39, 0.29) is 11.7 Å². The van der Waals surface area contributed by atoms with Crippen LogP contribution in [-0.4, -0.2) is 23.3 Å². The molecule has 1 amide bonds. The fourth-order valence-corrected chi connectivity index (χ4v) is 1.87. The van der Waals surface area contributed by atoms with Gasteiger partial charge in [-0.15, -0.1) is 11.8 Å². The highest BCUT2D eigenvalue weighted by Gasteiger charge is 2.03. The van der Waals surface area contributed by atoms with Gasteiger partial charge in [-0.3, -0.25) is 4.79 Å². The van der Waals surface area contributed by atoms with E-state index in [9.17, 15) is 9.90 Å². The molecule has 0 spiro atoms. The van der Waals surface area contributed by atoms with Crippen LogP contribution in [0.3, 0.4) is 0 Å². The monoisotopic (exact) mass is 239 g/mol. The van der Waals surface area contributed by atoms with E-state index in [1.807, 2.05) is 6.07 Å². The average molecular weight is 239 g/mol. The van der Waals surface area contributed by atoms with Crippen molar-refractivity contribution in [3.8, 4) is 5.75 Å². The van der Waals surface area contributed by atoms with Crippen molar-refractivity contribution in [2.45, 2.75) is 18.7 Å². The van der Waals surface area contributed by atoms with Gasteiger partial charge in [0.05, 0.1) is 5.75 Å². The standard InChI is InChI=1S/C12H17NO2S/c1-9(2)7-13-12(15)8-16-11-5-3-4-10(14)6-11/h3-6,9,14H,7-8H2,1-2H3,(H,13,15). The number of aromatic hydroxyl groups is 1. The summed E-state index contributed by atoms with van der Waals surface area (Å²) in [5.74, 6) is 1.11. The molecule has 88 valence electrons. The second-order valence-corrected chi connectivity index (χ2v) is 5.03. The molecule has 2 N–H and O–H groups in total. The van der Waals surface area contributed by atoms with E-state index in [1.54, 1.807) is 18.2 Å². The lowest BCUT2D eigenvalue weighted by atomic mass is 10.2. The van der Waals surface area contributed by atoms with Crippen LogP contribution >= 0.6 is 11.8 Å². The van der Waals surface area contributed by atoms with E-state index in [4.69, 9.17) is 0 Å². The number of rotatable bonds is 5. The molecule has 1 aromatic rings. The van der Waals surface area contributed by atoms with Crippen LogP contribution in [0.4, 0.5) is 0 Å². The molecule has 0 saturated heterocycles. The number of phenolic OH excluding ortho intramolecular Hbond substituents is 1. The molecule has 1 rings (SSSR count). The predicted molar refractivity (Wildman–Crippen MR) is 66.7 cm³/mol. The lowest BCUT2D eigenvalue weighted by Crippen LogP contribution is -2.28. The van der Waals surface area contributed by atoms with Gasteiger partial charge < -0.3 is 10.4 Å². The quantitative estimate of drug-likeness (QED) is 0.775. The third-order valence-corrected chi connectivity index (χ3v) is 2.89. The Bertz CT molecular complexity index is 353. The first-order chi connectivity index (χ1) is 7.58. The van der Waals surface area contributed by atoms with Crippen LogP contribution in [0.5, 0.6) is 5.75 Å². The molecule has 4 heteroatoms. The Morgan fingerprint density at radius 3 is 2.88 bits per heavy atom. The molecule has 0 atom stereocenters. The van der Waals surface area contributed by atoms with E-state index in [2.05, 4.69) is 19.2 Å². The Labute approximate surface area is 100 Å². The van der Waals surface area contributed by atoms with Crippen LogP contribution in [0.25, 0.3) is 0 Å². The predicted octanol–water partition coefficient (Wildman–Crippen LogP) is 2.26. The number of nitrogens with one attached hydrogen (secondary N) is 1. The van der Waals surface area contributed by atoms with Gasteiger partial charge in [0.15, 0.2) is 0 Å². The van der Waals surface area contributed by atoms with Crippen LogP contribution in [0, 0.1) is 5.92 Å². The van der Waals surface area contributed by atoms with Crippen LogP contribution in [0.15, 0.2) is 29.2 Å². The summed E-state index contributed by atoms with van der Waals surface area (Å²) in [6.45, 7) is 4.82. The third-order valence-electron chi connectivity index (χ3n) is 1.90. The molecule has 0 aliphatic carbocycles. The Morgan fingerprint density at radius 1 is 1.50 bits per heavy atom. The van der Waals surface area contributed by atoms with E-state index < -0.39 is 0 Å². The Kier molecular flexibility index (Phi) is 5.19. The minimum absolute atomic E-state index is 0.0297. The van der Waals surface area contributed by atoms with E-state index in [0.29, 0.717) is 18.2 Å². The number of hydrogen-bond donors (Lipinski definition) is 2. The van der Waals surface area contributed by atoms with E-state index in [1.165, 1.54) is 11.8 Å². The topological polar surface area (TPSA) is 49.3 Å². The Hall–Kier alpha value is -1.16. The third kappa shape index (κ3) is 5.07. The number of carbonyl (C=O) groups is 1. The zero-order chi connectivity index (χ0) is 12.0. The lowest BCUT2D eigenvalue weighted by molar-refractivity contribution is -0.118.